The van der Waals surface area contributed by atoms with Crippen molar-refractivity contribution >= 4 is 12.1 Å². The second-order valence-electron chi connectivity index (χ2n) is 5.34. The van der Waals surface area contributed by atoms with Crippen molar-refractivity contribution in [2.75, 3.05) is 20.2 Å². The Morgan fingerprint density at radius 3 is 2.39 bits per heavy atom. The molecule has 6 nitrogen and oxygen atoms in total. The minimum Gasteiger partial charge on any atom is -0.467 e. The monoisotopic (exact) mass is 259 g/mol. The molecule has 0 spiro atoms. The maximum absolute atomic E-state index is 11.9. The molecule has 0 bridgehead atoms. The summed E-state index contributed by atoms with van der Waals surface area (Å²) in [6, 6.07) is 0. The Morgan fingerprint density at radius 2 is 1.89 bits per heavy atom. The first-order valence-electron chi connectivity index (χ1n) is 5.94. The molecule has 1 aliphatic rings. The average Bonchev–Trinajstić information content (AvgIpc) is 2.24. The predicted molar refractivity (Wildman–Crippen MR) is 64.2 cm³/mol. The van der Waals surface area contributed by atoms with E-state index in [4.69, 9.17) is 9.47 Å². The molecule has 0 radical (unpaired) electrons. The minimum atomic E-state index is -0.744. The van der Waals surface area contributed by atoms with Crippen LogP contribution in [0.25, 0.3) is 0 Å². The van der Waals surface area contributed by atoms with Crippen LogP contribution in [0.4, 0.5) is 4.79 Å². The van der Waals surface area contributed by atoms with Gasteiger partial charge < -0.3 is 19.1 Å². The van der Waals surface area contributed by atoms with Crippen LogP contribution in [0.1, 0.15) is 27.7 Å². The fraction of sp³-hybridized carbons (Fsp3) is 0.833. The van der Waals surface area contributed by atoms with Crippen molar-refractivity contribution in [3.63, 3.8) is 0 Å². The molecule has 1 saturated heterocycles. The highest BCUT2D eigenvalue weighted by Gasteiger charge is 2.35. The Bertz CT molecular complexity index is 323. The SMILES string of the molecule is COC(=O)[C@@H]1CN(C(=O)OC(C)(C)C)CC(C)O1. The molecule has 1 rings (SSSR count). The molecule has 0 saturated carbocycles. The maximum Gasteiger partial charge on any atom is 0.410 e. The molecule has 0 aromatic carbocycles. The number of nitrogens with zero attached hydrogens (tertiary/aromatic N) is 1. The Labute approximate surface area is 107 Å². The van der Waals surface area contributed by atoms with Crippen molar-refractivity contribution in [1.29, 1.82) is 0 Å². The van der Waals surface area contributed by atoms with Gasteiger partial charge in [0.25, 0.3) is 0 Å². The van der Waals surface area contributed by atoms with Crippen LogP contribution in [0.2, 0.25) is 0 Å². The second kappa shape index (κ2) is 5.56. The van der Waals surface area contributed by atoms with Crippen LogP contribution in [0.15, 0.2) is 0 Å². The van der Waals surface area contributed by atoms with E-state index in [0.29, 0.717) is 6.54 Å². The molecule has 2 atom stereocenters. The number of amides is 1. The summed E-state index contributed by atoms with van der Waals surface area (Å²) in [6.45, 7) is 7.76. The first kappa shape index (κ1) is 14.8. The lowest BCUT2D eigenvalue weighted by Gasteiger charge is -2.36. The van der Waals surface area contributed by atoms with Crippen molar-refractivity contribution in [1.82, 2.24) is 4.90 Å². The molecule has 0 N–H and O–H groups in total. The fourth-order valence-electron chi connectivity index (χ4n) is 1.69. The van der Waals surface area contributed by atoms with Gasteiger partial charge in [-0.2, -0.15) is 0 Å². The summed E-state index contributed by atoms with van der Waals surface area (Å²) in [5.74, 6) is -0.477. The lowest BCUT2D eigenvalue weighted by atomic mass is 10.2. The van der Waals surface area contributed by atoms with Crippen molar-refractivity contribution in [3.8, 4) is 0 Å². The molecule has 0 aromatic heterocycles. The van der Waals surface area contributed by atoms with Crippen molar-refractivity contribution < 1.29 is 23.8 Å². The summed E-state index contributed by atoms with van der Waals surface area (Å²) in [5.41, 5.74) is -0.556. The van der Waals surface area contributed by atoms with Crippen LogP contribution >= 0.6 is 0 Å². The van der Waals surface area contributed by atoms with Gasteiger partial charge in [-0.3, -0.25) is 0 Å². The number of carbonyl (C=O) groups excluding carboxylic acids is 2. The van der Waals surface area contributed by atoms with E-state index in [0.717, 1.165) is 0 Å². The molecule has 1 unspecified atom stereocenters. The molecule has 104 valence electrons. The Morgan fingerprint density at radius 1 is 1.28 bits per heavy atom. The zero-order valence-electron chi connectivity index (χ0n) is 11.6. The second-order valence-corrected chi connectivity index (χ2v) is 5.34. The van der Waals surface area contributed by atoms with Crippen LogP contribution in [0.3, 0.4) is 0 Å². The third-order valence-electron chi connectivity index (χ3n) is 2.38. The van der Waals surface area contributed by atoms with Crippen LogP contribution in [-0.4, -0.2) is 55.0 Å². The number of ether oxygens (including phenoxy) is 3. The zero-order valence-corrected chi connectivity index (χ0v) is 11.6. The van der Waals surface area contributed by atoms with Gasteiger partial charge in [0.15, 0.2) is 6.10 Å². The molecule has 1 aliphatic heterocycles. The predicted octanol–water partition coefficient (Wildman–Crippen LogP) is 1.18. The van der Waals surface area contributed by atoms with Crippen LogP contribution < -0.4 is 0 Å². The van der Waals surface area contributed by atoms with Gasteiger partial charge in [0.2, 0.25) is 0 Å². The Hall–Kier alpha value is -1.30. The average molecular weight is 259 g/mol. The van der Waals surface area contributed by atoms with Gasteiger partial charge in [0, 0.05) is 0 Å². The Kier molecular flexibility index (Phi) is 4.56. The van der Waals surface area contributed by atoms with Gasteiger partial charge in [0.1, 0.15) is 5.60 Å². The molecular formula is C12H21NO5. The number of hydrogen-bond acceptors (Lipinski definition) is 5. The van der Waals surface area contributed by atoms with Gasteiger partial charge in [-0.1, -0.05) is 0 Å². The van der Waals surface area contributed by atoms with Crippen molar-refractivity contribution in [3.05, 3.63) is 0 Å². The number of hydrogen-bond donors (Lipinski definition) is 0. The largest absolute Gasteiger partial charge is 0.467 e. The molecule has 0 aromatic rings. The normalized spacial score (nSPS) is 24.6. The molecule has 6 heteroatoms. The first-order chi connectivity index (χ1) is 8.23. The highest BCUT2D eigenvalue weighted by Crippen LogP contribution is 2.16. The summed E-state index contributed by atoms with van der Waals surface area (Å²) in [4.78, 5) is 24.8. The van der Waals surface area contributed by atoms with E-state index < -0.39 is 23.8 Å². The summed E-state index contributed by atoms with van der Waals surface area (Å²) in [7, 11) is 1.29. The van der Waals surface area contributed by atoms with E-state index in [2.05, 4.69) is 4.74 Å². The van der Waals surface area contributed by atoms with Crippen LogP contribution in [0, 0.1) is 0 Å². The number of methoxy groups -OCH3 is 1. The third kappa shape index (κ3) is 4.18. The molecular weight excluding hydrogens is 238 g/mol. The number of rotatable bonds is 1. The van der Waals surface area contributed by atoms with E-state index in [1.165, 1.54) is 12.0 Å². The minimum absolute atomic E-state index is 0.159. The maximum atomic E-state index is 11.9. The summed E-state index contributed by atoms with van der Waals surface area (Å²) in [6.07, 6.45) is -1.41. The first-order valence-corrected chi connectivity index (χ1v) is 5.94. The van der Waals surface area contributed by atoms with E-state index in [1.807, 2.05) is 0 Å². The summed E-state index contributed by atoms with van der Waals surface area (Å²) in [5, 5.41) is 0. The van der Waals surface area contributed by atoms with Crippen molar-refractivity contribution in [2.24, 2.45) is 0 Å². The topological polar surface area (TPSA) is 65.1 Å². The van der Waals surface area contributed by atoms with Crippen LogP contribution in [-0.2, 0) is 19.0 Å². The lowest BCUT2D eigenvalue weighted by Crippen LogP contribution is -2.53. The molecule has 1 amide bonds. The lowest BCUT2D eigenvalue weighted by molar-refractivity contribution is -0.165. The quantitative estimate of drug-likeness (QED) is 0.662. The Balaban J connectivity index is 2.66. The fourth-order valence-corrected chi connectivity index (χ4v) is 1.69. The third-order valence-corrected chi connectivity index (χ3v) is 2.38. The standard InChI is InChI=1S/C12H21NO5/c1-8-6-13(11(15)18-12(2,3)4)7-9(17-8)10(14)16-5/h8-9H,6-7H2,1-5H3/t8?,9-/m0/s1. The molecule has 18 heavy (non-hydrogen) atoms. The van der Waals surface area contributed by atoms with Gasteiger partial charge in [-0.05, 0) is 27.7 Å². The number of esters is 1. The van der Waals surface area contributed by atoms with E-state index in [1.54, 1.807) is 27.7 Å². The van der Waals surface area contributed by atoms with Crippen LogP contribution in [0.5, 0.6) is 0 Å². The highest BCUT2D eigenvalue weighted by molar-refractivity contribution is 5.76. The van der Waals surface area contributed by atoms with Gasteiger partial charge in [-0.15, -0.1) is 0 Å². The summed E-state index contributed by atoms with van der Waals surface area (Å²) >= 11 is 0. The molecule has 0 aliphatic carbocycles. The van der Waals surface area contributed by atoms with E-state index in [9.17, 15) is 9.59 Å². The molecule has 1 fully saturated rings. The molecule has 1 heterocycles. The van der Waals surface area contributed by atoms with Crippen molar-refractivity contribution in [2.45, 2.75) is 45.5 Å². The van der Waals surface area contributed by atoms with Gasteiger partial charge in [0.05, 0.1) is 26.3 Å². The van der Waals surface area contributed by atoms with Gasteiger partial charge in [-0.25, -0.2) is 9.59 Å². The highest BCUT2D eigenvalue weighted by atomic mass is 16.6. The number of carbonyl (C=O) groups is 2. The summed E-state index contributed by atoms with van der Waals surface area (Å²) < 4.78 is 15.3. The van der Waals surface area contributed by atoms with E-state index in [-0.39, 0.29) is 12.6 Å². The smallest absolute Gasteiger partial charge is 0.410 e. The van der Waals surface area contributed by atoms with E-state index >= 15 is 0 Å². The van der Waals surface area contributed by atoms with Gasteiger partial charge >= 0.3 is 12.1 Å². The zero-order chi connectivity index (χ0) is 13.9. The number of morpholine rings is 1.